The summed E-state index contributed by atoms with van der Waals surface area (Å²) < 4.78 is 24.4. The quantitative estimate of drug-likeness (QED) is 0.573. The Kier molecular flexibility index (Phi) is 6.48. The number of rotatable bonds is 8. The van der Waals surface area contributed by atoms with Crippen molar-refractivity contribution in [3.8, 4) is 11.6 Å². The standard InChI is InChI=1S/C18H21FN4O3/c1-23(2)10-14(19)16(24)15-17(21-11-22-18(15)26-4)20-9-12-5-7-13(25-3)8-6-12/h5-8,10-11H,9H2,1-4H3,(H,20,21,22)/b14-10-. The number of halogens is 1. The lowest BCUT2D eigenvalue weighted by Gasteiger charge is -2.13. The van der Waals surface area contributed by atoms with Crippen LogP contribution in [-0.4, -0.2) is 49.0 Å². The summed E-state index contributed by atoms with van der Waals surface area (Å²) in [6.07, 6.45) is 2.33. The molecule has 2 rings (SSSR count). The molecule has 138 valence electrons. The van der Waals surface area contributed by atoms with E-state index in [0.717, 1.165) is 17.5 Å². The summed E-state index contributed by atoms with van der Waals surface area (Å²) >= 11 is 0. The molecule has 0 aliphatic rings. The van der Waals surface area contributed by atoms with Crippen LogP contribution in [0.1, 0.15) is 15.9 Å². The number of methoxy groups -OCH3 is 2. The van der Waals surface area contributed by atoms with E-state index in [0.29, 0.717) is 6.54 Å². The van der Waals surface area contributed by atoms with E-state index < -0.39 is 11.6 Å². The second kappa shape index (κ2) is 8.80. The molecule has 0 unspecified atom stereocenters. The van der Waals surface area contributed by atoms with Gasteiger partial charge in [0.25, 0.3) is 0 Å². The van der Waals surface area contributed by atoms with Crippen LogP contribution in [0.4, 0.5) is 10.2 Å². The molecule has 26 heavy (non-hydrogen) atoms. The maximum Gasteiger partial charge on any atom is 0.232 e. The van der Waals surface area contributed by atoms with E-state index in [9.17, 15) is 9.18 Å². The smallest absolute Gasteiger partial charge is 0.232 e. The largest absolute Gasteiger partial charge is 0.497 e. The van der Waals surface area contributed by atoms with E-state index in [4.69, 9.17) is 9.47 Å². The van der Waals surface area contributed by atoms with Crippen LogP contribution in [0.5, 0.6) is 11.6 Å². The number of hydrogen-bond donors (Lipinski definition) is 1. The van der Waals surface area contributed by atoms with Crippen LogP contribution in [0, 0.1) is 0 Å². The zero-order valence-electron chi connectivity index (χ0n) is 15.1. The van der Waals surface area contributed by atoms with Gasteiger partial charge in [-0.2, -0.15) is 0 Å². The van der Waals surface area contributed by atoms with Crippen LogP contribution < -0.4 is 14.8 Å². The zero-order chi connectivity index (χ0) is 19.1. The monoisotopic (exact) mass is 360 g/mol. The van der Waals surface area contributed by atoms with Gasteiger partial charge in [0, 0.05) is 26.8 Å². The van der Waals surface area contributed by atoms with Gasteiger partial charge in [-0.05, 0) is 17.7 Å². The highest BCUT2D eigenvalue weighted by atomic mass is 19.1. The second-order valence-electron chi connectivity index (χ2n) is 5.58. The highest BCUT2D eigenvalue weighted by molar-refractivity contribution is 6.11. The fraction of sp³-hybridized carbons (Fsp3) is 0.278. The predicted molar refractivity (Wildman–Crippen MR) is 96.1 cm³/mol. The summed E-state index contributed by atoms with van der Waals surface area (Å²) in [6.45, 7) is 0.378. The van der Waals surface area contributed by atoms with Gasteiger partial charge in [0.05, 0.1) is 14.2 Å². The minimum absolute atomic E-state index is 0.00420. The molecule has 0 saturated carbocycles. The normalized spacial score (nSPS) is 11.0. The summed E-state index contributed by atoms with van der Waals surface area (Å²) in [5.74, 6) is -0.849. The van der Waals surface area contributed by atoms with Crippen molar-refractivity contribution in [1.29, 1.82) is 0 Å². The van der Waals surface area contributed by atoms with E-state index >= 15 is 0 Å². The number of carbonyl (C=O) groups excluding carboxylic acids is 1. The Bertz CT molecular complexity index is 792. The minimum Gasteiger partial charge on any atom is -0.497 e. The van der Waals surface area contributed by atoms with Crippen molar-refractivity contribution in [3.05, 3.63) is 53.7 Å². The molecule has 1 heterocycles. The maximum absolute atomic E-state index is 14.2. The first-order valence-corrected chi connectivity index (χ1v) is 7.80. The summed E-state index contributed by atoms with van der Waals surface area (Å²) in [7, 11) is 6.19. The van der Waals surface area contributed by atoms with Crippen molar-refractivity contribution in [2.45, 2.75) is 6.54 Å². The van der Waals surface area contributed by atoms with Gasteiger partial charge in [-0.15, -0.1) is 0 Å². The molecule has 1 N–H and O–H groups in total. The number of anilines is 1. The van der Waals surface area contributed by atoms with Crippen molar-refractivity contribution >= 4 is 11.6 Å². The molecule has 2 aromatic rings. The number of hydrogen-bond acceptors (Lipinski definition) is 7. The topological polar surface area (TPSA) is 76.6 Å². The lowest BCUT2D eigenvalue weighted by Crippen LogP contribution is -2.13. The maximum atomic E-state index is 14.2. The average Bonchev–Trinajstić information content (AvgIpc) is 2.65. The predicted octanol–water partition coefficient (Wildman–Crippen LogP) is 2.66. The molecule has 0 spiro atoms. The van der Waals surface area contributed by atoms with Crippen LogP contribution in [0.15, 0.2) is 42.6 Å². The van der Waals surface area contributed by atoms with Crippen LogP contribution in [0.25, 0.3) is 0 Å². The van der Waals surface area contributed by atoms with Gasteiger partial charge in [0.1, 0.15) is 23.5 Å². The molecule has 0 aliphatic carbocycles. The third-order valence-electron chi connectivity index (χ3n) is 3.44. The molecule has 0 radical (unpaired) electrons. The SMILES string of the molecule is COc1ccc(CNc2ncnc(OC)c2C(=O)/C(F)=C/N(C)C)cc1. The number of nitrogens with one attached hydrogen (secondary N) is 1. The number of aromatic nitrogens is 2. The summed E-state index contributed by atoms with van der Waals surface area (Å²) in [5, 5.41) is 3.03. The van der Waals surface area contributed by atoms with Gasteiger partial charge < -0.3 is 19.7 Å². The fourth-order valence-corrected chi connectivity index (χ4v) is 2.20. The third kappa shape index (κ3) is 4.69. The van der Waals surface area contributed by atoms with Gasteiger partial charge in [0.15, 0.2) is 5.83 Å². The number of nitrogens with zero attached hydrogens (tertiary/aromatic N) is 3. The Balaban J connectivity index is 2.28. The summed E-state index contributed by atoms with van der Waals surface area (Å²) in [5.41, 5.74) is 0.880. The first-order chi connectivity index (χ1) is 12.5. The van der Waals surface area contributed by atoms with Crippen molar-refractivity contribution in [2.75, 3.05) is 33.6 Å². The molecule has 7 nitrogen and oxygen atoms in total. The molecule has 0 bridgehead atoms. The fourth-order valence-electron chi connectivity index (χ4n) is 2.20. The van der Waals surface area contributed by atoms with E-state index in [1.807, 2.05) is 24.3 Å². The first kappa shape index (κ1) is 19.2. The zero-order valence-corrected chi connectivity index (χ0v) is 15.1. The summed E-state index contributed by atoms with van der Waals surface area (Å²) in [4.78, 5) is 21.9. The molecule has 1 aromatic heterocycles. The molecule has 1 aromatic carbocycles. The molecule has 0 aliphatic heterocycles. The van der Waals surface area contributed by atoms with Crippen LogP contribution in [0.3, 0.4) is 0 Å². The number of carbonyl (C=O) groups is 1. The lowest BCUT2D eigenvalue weighted by atomic mass is 10.1. The number of ether oxygens (including phenoxy) is 2. The van der Waals surface area contributed by atoms with E-state index in [2.05, 4.69) is 15.3 Å². The van der Waals surface area contributed by atoms with E-state index in [1.165, 1.54) is 18.3 Å². The highest BCUT2D eigenvalue weighted by Crippen LogP contribution is 2.26. The summed E-state index contributed by atoms with van der Waals surface area (Å²) in [6, 6.07) is 7.39. The van der Waals surface area contributed by atoms with Crippen LogP contribution >= 0.6 is 0 Å². The Labute approximate surface area is 151 Å². The molecule has 0 atom stereocenters. The van der Waals surface area contributed by atoms with Gasteiger partial charge in [-0.25, -0.2) is 14.4 Å². The first-order valence-electron chi connectivity index (χ1n) is 7.80. The highest BCUT2D eigenvalue weighted by Gasteiger charge is 2.23. The Hall–Kier alpha value is -3.16. The number of benzene rings is 1. The number of Topliss-reactive ketones (excluding diaryl/α,β-unsaturated/α-hetero) is 1. The van der Waals surface area contributed by atoms with Crippen molar-refractivity contribution in [2.24, 2.45) is 0 Å². The van der Waals surface area contributed by atoms with Crippen molar-refractivity contribution < 1.29 is 18.7 Å². The molecule has 0 amide bonds. The number of ketones is 1. The second-order valence-corrected chi connectivity index (χ2v) is 5.58. The number of allylic oxidation sites excluding steroid dienone is 1. The average molecular weight is 360 g/mol. The molecule has 0 saturated heterocycles. The van der Waals surface area contributed by atoms with E-state index in [-0.39, 0.29) is 17.3 Å². The van der Waals surface area contributed by atoms with Crippen molar-refractivity contribution in [3.63, 3.8) is 0 Å². The molecule has 8 heteroatoms. The molecular weight excluding hydrogens is 339 g/mol. The third-order valence-corrected chi connectivity index (χ3v) is 3.44. The van der Waals surface area contributed by atoms with Crippen molar-refractivity contribution in [1.82, 2.24) is 14.9 Å². The van der Waals surface area contributed by atoms with Crippen LogP contribution in [0.2, 0.25) is 0 Å². The Morgan fingerprint density at radius 1 is 1.19 bits per heavy atom. The molecule has 0 fully saturated rings. The van der Waals surface area contributed by atoms with Gasteiger partial charge >= 0.3 is 0 Å². The van der Waals surface area contributed by atoms with Gasteiger partial charge in [-0.3, -0.25) is 4.79 Å². The van der Waals surface area contributed by atoms with Gasteiger partial charge in [-0.1, -0.05) is 12.1 Å². The molecular formula is C18H21FN4O3. The lowest BCUT2D eigenvalue weighted by molar-refractivity contribution is 0.0998. The Morgan fingerprint density at radius 2 is 1.88 bits per heavy atom. The van der Waals surface area contributed by atoms with Crippen LogP contribution in [-0.2, 0) is 6.54 Å². The Morgan fingerprint density at radius 3 is 2.46 bits per heavy atom. The van der Waals surface area contributed by atoms with E-state index in [1.54, 1.807) is 21.2 Å². The van der Waals surface area contributed by atoms with Gasteiger partial charge in [0.2, 0.25) is 11.7 Å². The minimum atomic E-state index is -0.935.